The molecule has 0 aromatic carbocycles. The van der Waals surface area contributed by atoms with Crippen molar-refractivity contribution in [3.05, 3.63) is 0 Å². The Kier molecular flexibility index (Phi) is 2.09. The van der Waals surface area contributed by atoms with E-state index >= 15 is 0 Å². The van der Waals surface area contributed by atoms with Crippen LogP contribution in [-0.4, -0.2) is 22.9 Å². The molecule has 0 radical (unpaired) electrons. The standard InChI is InChI=1S/C7H14O2/c1-5-2-6(4-8)3-7(5)9/h5-9H,2-4H2,1H3. The van der Waals surface area contributed by atoms with E-state index in [-0.39, 0.29) is 12.7 Å². The first kappa shape index (κ1) is 7.03. The van der Waals surface area contributed by atoms with Crippen LogP contribution in [0.2, 0.25) is 0 Å². The second-order valence-electron chi connectivity index (χ2n) is 3.06. The molecule has 54 valence electrons. The molecule has 9 heavy (non-hydrogen) atoms. The molecule has 0 spiro atoms. The van der Waals surface area contributed by atoms with E-state index in [0.717, 1.165) is 12.8 Å². The molecule has 1 fully saturated rings. The van der Waals surface area contributed by atoms with Crippen molar-refractivity contribution in [2.24, 2.45) is 11.8 Å². The van der Waals surface area contributed by atoms with E-state index in [1.165, 1.54) is 0 Å². The topological polar surface area (TPSA) is 40.5 Å². The molecular weight excluding hydrogens is 116 g/mol. The van der Waals surface area contributed by atoms with Gasteiger partial charge >= 0.3 is 0 Å². The van der Waals surface area contributed by atoms with E-state index in [1.54, 1.807) is 0 Å². The Labute approximate surface area is 55.5 Å². The van der Waals surface area contributed by atoms with Gasteiger partial charge in [0.1, 0.15) is 0 Å². The molecule has 2 N–H and O–H groups in total. The van der Waals surface area contributed by atoms with Crippen molar-refractivity contribution in [2.45, 2.75) is 25.9 Å². The molecule has 1 saturated carbocycles. The van der Waals surface area contributed by atoms with Crippen LogP contribution in [0.1, 0.15) is 19.8 Å². The maximum Gasteiger partial charge on any atom is 0.0569 e. The maximum absolute atomic E-state index is 9.19. The Morgan fingerprint density at radius 1 is 1.44 bits per heavy atom. The molecule has 0 heterocycles. The average Bonchev–Trinajstić information content (AvgIpc) is 2.13. The molecule has 0 aromatic heterocycles. The first-order chi connectivity index (χ1) is 4.24. The van der Waals surface area contributed by atoms with Crippen LogP contribution >= 0.6 is 0 Å². The van der Waals surface area contributed by atoms with Gasteiger partial charge in [-0.25, -0.2) is 0 Å². The lowest BCUT2D eigenvalue weighted by molar-refractivity contribution is 0.135. The van der Waals surface area contributed by atoms with Gasteiger partial charge in [-0.15, -0.1) is 0 Å². The molecule has 0 aromatic rings. The van der Waals surface area contributed by atoms with Crippen LogP contribution in [0.25, 0.3) is 0 Å². The molecule has 0 saturated heterocycles. The number of rotatable bonds is 1. The van der Waals surface area contributed by atoms with Gasteiger partial charge in [-0.1, -0.05) is 6.92 Å². The number of aliphatic hydroxyl groups is 2. The van der Waals surface area contributed by atoms with Crippen LogP contribution in [-0.2, 0) is 0 Å². The quantitative estimate of drug-likeness (QED) is 0.539. The van der Waals surface area contributed by atoms with Crippen LogP contribution in [0, 0.1) is 11.8 Å². The highest BCUT2D eigenvalue weighted by Crippen LogP contribution is 2.29. The zero-order chi connectivity index (χ0) is 6.85. The highest BCUT2D eigenvalue weighted by molar-refractivity contribution is 4.79. The summed E-state index contributed by atoms with van der Waals surface area (Å²) in [7, 11) is 0. The summed E-state index contributed by atoms with van der Waals surface area (Å²) >= 11 is 0. The third kappa shape index (κ3) is 1.43. The van der Waals surface area contributed by atoms with Crippen LogP contribution in [0.5, 0.6) is 0 Å². The maximum atomic E-state index is 9.19. The lowest BCUT2D eigenvalue weighted by Crippen LogP contribution is -2.08. The fourth-order valence-electron chi connectivity index (χ4n) is 1.50. The van der Waals surface area contributed by atoms with E-state index in [4.69, 9.17) is 5.11 Å². The first-order valence-corrected chi connectivity index (χ1v) is 3.53. The summed E-state index contributed by atoms with van der Waals surface area (Å²) < 4.78 is 0. The fourth-order valence-corrected chi connectivity index (χ4v) is 1.50. The second-order valence-corrected chi connectivity index (χ2v) is 3.06. The van der Waals surface area contributed by atoms with Gasteiger partial charge in [0, 0.05) is 6.61 Å². The first-order valence-electron chi connectivity index (χ1n) is 3.53. The Morgan fingerprint density at radius 3 is 2.33 bits per heavy atom. The van der Waals surface area contributed by atoms with Crippen molar-refractivity contribution in [3.8, 4) is 0 Å². The molecule has 3 unspecified atom stereocenters. The summed E-state index contributed by atoms with van der Waals surface area (Å²) in [6.45, 7) is 2.27. The summed E-state index contributed by atoms with van der Waals surface area (Å²) in [5.74, 6) is 0.747. The van der Waals surface area contributed by atoms with Crippen molar-refractivity contribution in [1.82, 2.24) is 0 Å². The van der Waals surface area contributed by atoms with Gasteiger partial charge in [0.05, 0.1) is 6.10 Å². The van der Waals surface area contributed by atoms with Crippen LogP contribution in [0.3, 0.4) is 0 Å². The second kappa shape index (κ2) is 2.67. The van der Waals surface area contributed by atoms with Crippen molar-refractivity contribution < 1.29 is 10.2 Å². The van der Waals surface area contributed by atoms with E-state index in [0.29, 0.717) is 11.8 Å². The van der Waals surface area contributed by atoms with Gasteiger partial charge in [0.2, 0.25) is 0 Å². The minimum absolute atomic E-state index is 0.165. The van der Waals surface area contributed by atoms with Gasteiger partial charge in [-0.05, 0) is 24.7 Å². The lowest BCUT2D eigenvalue weighted by atomic mass is 10.1. The largest absolute Gasteiger partial charge is 0.396 e. The average molecular weight is 130 g/mol. The molecule has 2 nitrogen and oxygen atoms in total. The Hall–Kier alpha value is -0.0800. The van der Waals surface area contributed by atoms with Crippen molar-refractivity contribution in [3.63, 3.8) is 0 Å². The van der Waals surface area contributed by atoms with Crippen molar-refractivity contribution in [2.75, 3.05) is 6.61 Å². The minimum atomic E-state index is -0.165. The van der Waals surface area contributed by atoms with E-state index in [9.17, 15) is 5.11 Å². The Balaban J connectivity index is 2.35. The summed E-state index contributed by atoms with van der Waals surface area (Å²) in [6.07, 6.45) is 1.61. The van der Waals surface area contributed by atoms with Gasteiger partial charge in [-0.2, -0.15) is 0 Å². The molecule has 1 aliphatic rings. The van der Waals surface area contributed by atoms with Crippen LogP contribution in [0.15, 0.2) is 0 Å². The summed E-state index contributed by atoms with van der Waals surface area (Å²) in [5, 5.41) is 17.9. The van der Waals surface area contributed by atoms with Gasteiger partial charge in [-0.3, -0.25) is 0 Å². The van der Waals surface area contributed by atoms with Crippen LogP contribution < -0.4 is 0 Å². The Morgan fingerprint density at radius 2 is 2.11 bits per heavy atom. The third-order valence-electron chi connectivity index (χ3n) is 2.19. The highest BCUT2D eigenvalue weighted by Gasteiger charge is 2.28. The molecule has 0 aliphatic heterocycles. The zero-order valence-electron chi connectivity index (χ0n) is 5.75. The van der Waals surface area contributed by atoms with E-state index in [1.807, 2.05) is 6.92 Å². The van der Waals surface area contributed by atoms with Crippen molar-refractivity contribution >= 4 is 0 Å². The number of aliphatic hydroxyl groups excluding tert-OH is 2. The molecule has 0 bridgehead atoms. The molecule has 0 amide bonds. The monoisotopic (exact) mass is 130 g/mol. The Bertz CT molecular complexity index is 82.9. The molecule has 2 heteroatoms. The highest BCUT2D eigenvalue weighted by atomic mass is 16.3. The molecule has 1 rings (SSSR count). The summed E-state index contributed by atoms with van der Waals surface area (Å²) in [6, 6.07) is 0. The number of hydrogen-bond acceptors (Lipinski definition) is 2. The van der Waals surface area contributed by atoms with Gasteiger partial charge < -0.3 is 10.2 Å². The van der Waals surface area contributed by atoms with Crippen LogP contribution in [0.4, 0.5) is 0 Å². The van der Waals surface area contributed by atoms with E-state index < -0.39 is 0 Å². The summed E-state index contributed by atoms with van der Waals surface area (Å²) in [5.41, 5.74) is 0. The minimum Gasteiger partial charge on any atom is -0.396 e. The predicted octanol–water partition coefficient (Wildman–Crippen LogP) is 0.386. The van der Waals surface area contributed by atoms with Gasteiger partial charge in [0.15, 0.2) is 0 Å². The predicted molar refractivity (Wildman–Crippen MR) is 35.0 cm³/mol. The molecular formula is C7H14O2. The fraction of sp³-hybridized carbons (Fsp3) is 1.00. The lowest BCUT2D eigenvalue weighted by Gasteiger charge is -2.04. The SMILES string of the molecule is CC1CC(CO)CC1O. The third-order valence-corrected chi connectivity index (χ3v) is 2.19. The molecule has 3 atom stereocenters. The van der Waals surface area contributed by atoms with E-state index in [2.05, 4.69) is 0 Å². The van der Waals surface area contributed by atoms with Crippen molar-refractivity contribution in [1.29, 1.82) is 0 Å². The molecule has 1 aliphatic carbocycles. The zero-order valence-corrected chi connectivity index (χ0v) is 5.75. The normalized spacial score (nSPS) is 43.7. The number of hydrogen-bond donors (Lipinski definition) is 2. The van der Waals surface area contributed by atoms with Gasteiger partial charge in [0.25, 0.3) is 0 Å². The smallest absolute Gasteiger partial charge is 0.0569 e. The summed E-state index contributed by atoms with van der Waals surface area (Å²) in [4.78, 5) is 0.